The van der Waals surface area contributed by atoms with Crippen molar-refractivity contribution in [1.82, 2.24) is 30.0 Å². The zero-order chi connectivity index (χ0) is 25.1. The molecule has 0 bridgehead atoms. The number of amides is 1. The molecule has 0 saturated carbocycles. The number of pyridine rings is 2. The maximum absolute atomic E-state index is 12.9. The highest BCUT2D eigenvalue weighted by molar-refractivity contribution is 5.94. The first-order valence-corrected chi connectivity index (χ1v) is 12.1. The Balaban J connectivity index is 1.29. The van der Waals surface area contributed by atoms with Crippen molar-refractivity contribution in [1.29, 1.82) is 0 Å². The molecule has 0 spiro atoms. The van der Waals surface area contributed by atoms with Gasteiger partial charge >= 0.3 is 0 Å². The average Bonchev–Trinajstić information content (AvgIpc) is 3.56. The third-order valence-corrected chi connectivity index (χ3v) is 6.59. The molecule has 1 aromatic carbocycles. The lowest BCUT2D eigenvalue weighted by atomic mass is 10.0. The van der Waals surface area contributed by atoms with Crippen LogP contribution in [0.15, 0.2) is 42.7 Å². The zero-order valence-corrected chi connectivity index (χ0v) is 20.6. The summed E-state index contributed by atoms with van der Waals surface area (Å²) in [6.45, 7) is 5.16. The summed E-state index contributed by atoms with van der Waals surface area (Å²) in [6, 6.07) is 9.90. The molecule has 1 amide bonds. The van der Waals surface area contributed by atoms with Gasteiger partial charge < -0.3 is 20.7 Å². The number of carbonyl (C=O) groups is 1. The number of nitrogens with one attached hydrogen (secondary N) is 1. The van der Waals surface area contributed by atoms with Crippen LogP contribution < -0.4 is 16.0 Å². The van der Waals surface area contributed by atoms with E-state index >= 15 is 0 Å². The average molecular weight is 487 g/mol. The Bertz CT molecular complexity index is 1380. The smallest absolute Gasteiger partial charge is 0.291 e. The molecule has 3 N–H and O–H groups in total. The van der Waals surface area contributed by atoms with Gasteiger partial charge in [0.05, 0.1) is 6.54 Å². The van der Waals surface area contributed by atoms with Crippen LogP contribution in [-0.2, 0) is 24.4 Å². The summed E-state index contributed by atoms with van der Waals surface area (Å²) in [5.41, 5.74) is 9.00. The molecular weight excluding hydrogens is 456 g/mol. The molecule has 4 heterocycles. The second kappa shape index (κ2) is 10.3. The van der Waals surface area contributed by atoms with Crippen LogP contribution in [-0.4, -0.2) is 50.8 Å². The van der Waals surface area contributed by atoms with Crippen LogP contribution in [0.4, 0.5) is 11.6 Å². The topological polar surface area (TPSA) is 124 Å². The van der Waals surface area contributed by atoms with E-state index < -0.39 is 0 Å². The number of aryl methyl sites for hydroxylation is 1. The van der Waals surface area contributed by atoms with Gasteiger partial charge in [0.15, 0.2) is 5.82 Å². The van der Waals surface area contributed by atoms with Crippen LogP contribution in [0.3, 0.4) is 0 Å². The Hall–Kier alpha value is -4.05. The van der Waals surface area contributed by atoms with E-state index in [0.29, 0.717) is 24.7 Å². The molecule has 10 nitrogen and oxygen atoms in total. The lowest BCUT2D eigenvalue weighted by Crippen LogP contribution is -2.24. The summed E-state index contributed by atoms with van der Waals surface area (Å²) in [4.78, 5) is 28.4. The number of nitrogens with two attached hydrogens (primary N) is 1. The van der Waals surface area contributed by atoms with E-state index in [2.05, 4.69) is 30.3 Å². The van der Waals surface area contributed by atoms with Crippen LogP contribution in [0.25, 0.3) is 10.8 Å². The molecule has 0 unspecified atom stereocenters. The number of nitrogen functional groups attached to an aromatic ring is 1. The van der Waals surface area contributed by atoms with Crippen molar-refractivity contribution in [2.45, 2.75) is 39.5 Å². The Morgan fingerprint density at radius 3 is 2.69 bits per heavy atom. The molecule has 0 atom stereocenters. The van der Waals surface area contributed by atoms with Crippen LogP contribution in [0, 0.1) is 6.92 Å². The summed E-state index contributed by atoms with van der Waals surface area (Å²) in [7, 11) is 1.59. The monoisotopic (exact) mass is 486 g/mol. The molecule has 10 heteroatoms. The van der Waals surface area contributed by atoms with Gasteiger partial charge in [-0.3, -0.25) is 4.79 Å². The van der Waals surface area contributed by atoms with Crippen molar-refractivity contribution < 1.29 is 9.53 Å². The van der Waals surface area contributed by atoms with Crippen molar-refractivity contribution in [2.24, 2.45) is 0 Å². The first-order valence-electron chi connectivity index (χ1n) is 12.1. The summed E-state index contributed by atoms with van der Waals surface area (Å²) in [5, 5.41) is 9.33. The fourth-order valence-corrected chi connectivity index (χ4v) is 4.57. The van der Waals surface area contributed by atoms with Gasteiger partial charge in [-0.2, -0.15) is 0 Å². The Morgan fingerprint density at radius 1 is 1.11 bits per heavy atom. The third-order valence-electron chi connectivity index (χ3n) is 6.59. The van der Waals surface area contributed by atoms with E-state index in [4.69, 9.17) is 10.5 Å². The summed E-state index contributed by atoms with van der Waals surface area (Å²) in [6.07, 6.45) is 5.97. The fraction of sp³-hybridized carbons (Fsp3) is 0.346. The Labute approximate surface area is 209 Å². The summed E-state index contributed by atoms with van der Waals surface area (Å²) in [5.74, 6) is 1.83. The van der Waals surface area contributed by atoms with E-state index in [0.717, 1.165) is 46.4 Å². The van der Waals surface area contributed by atoms with E-state index in [1.165, 1.54) is 12.8 Å². The van der Waals surface area contributed by atoms with Crippen LogP contribution >= 0.6 is 0 Å². The minimum atomic E-state index is -0.345. The molecule has 1 fully saturated rings. The normalized spacial score (nSPS) is 13.4. The number of hydrogen-bond donors (Lipinski definition) is 2. The molecule has 0 radical (unpaired) electrons. The zero-order valence-electron chi connectivity index (χ0n) is 20.6. The first kappa shape index (κ1) is 23.7. The number of carbonyl (C=O) groups excluding carboxylic acids is 1. The van der Waals surface area contributed by atoms with Gasteiger partial charge in [0.25, 0.3) is 5.91 Å². The molecular formula is C26H30N8O2. The van der Waals surface area contributed by atoms with Crippen molar-refractivity contribution in [3.8, 4) is 0 Å². The van der Waals surface area contributed by atoms with Crippen molar-refractivity contribution in [2.75, 3.05) is 30.8 Å². The number of hydrogen-bond acceptors (Lipinski definition) is 8. The predicted molar refractivity (Wildman–Crippen MR) is 138 cm³/mol. The standard InChI is InChI=1S/C26H30N8O2/c1-17-19(6-7-21-20(17)9-10-28-24(21)27)14-30-26(35)25-31-23(16-36-2)34(32-25)15-18-5-8-22(29-13-18)33-11-3-4-12-33/h5-10,13H,3-4,11-12,14-16H2,1-2H3,(H2,27,28)(H,30,35). The van der Waals surface area contributed by atoms with Crippen molar-refractivity contribution in [3.05, 3.63) is 71.1 Å². The number of anilines is 2. The molecule has 186 valence electrons. The largest absolute Gasteiger partial charge is 0.383 e. The fourth-order valence-electron chi connectivity index (χ4n) is 4.57. The molecule has 3 aromatic heterocycles. The predicted octanol–water partition coefficient (Wildman–Crippen LogP) is 2.84. The lowest BCUT2D eigenvalue weighted by molar-refractivity contribution is 0.0940. The van der Waals surface area contributed by atoms with E-state index in [-0.39, 0.29) is 18.3 Å². The molecule has 1 saturated heterocycles. The van der Waals surface area contributed by atoms with Gasteiger partial charge in [-0.05, 0) is 54.0 Å². The van der Waals surface area contributed by atoms with E-state index in [1.54, 1.807) is 18.0 Å². The van der Waals surface area contributed by atoms with Gasteiger partial charge in [0.1, 0.15) is 18.2 Å². The number of fused-ring (bicyclic) bond motifs is 1. The van der Waals surface area contributed by atoms with Gasteiger partial charge in [0, 0.05) is 44.5 Å². The molecule has 1 aliphatic rings. The molecule has 4 aromatic rings. The summed E-state index contributed by atoms with van der Waals surface area (Å²) < 4.78 is 6.99. The summed E-state index contributed by atoms with van der Waals surface area (Å²) >= 11 is 0. The molecule has 0 aliphatic carbocycles. The highest BCUT2D eigenvalue weighted by Crippen LogP contribution is 2.25. The van der Waals surface area contributed by atoms with Gasteiger partial charge in [-0.25, -0.2) is 19.6 Å². The number of aromatic nitrogens is 5. The quantitative estimate of drug-likeness (QED) is 0.390. The third kappa shape index (κ3) is 4.85. The highest BCUT2D eigenvalue weighted by atomic mass is 16.5. The maximum Gasteiger partial charge on any atom is 0.291 e. The lowest BCUT2D eigenvalue weighted by Gasteiger charge is -2.16. The minimum Gasteiger partial charge on any atom is -0.383 e. The Morgan fingerprint density at radius 2 is 1.94 bits per heavy atom. The number of benzene rings is 1. The molecule has 5 rings (SSSR count). The van der Waals surface area contributed by atoms with Gasteiger partial charge in [-0.15, -0.1) is 5.10 Å². The van der Waals surface area contributed by atoms with Crippen molar-refractivity contribution >= 4 is 28.3 Å². The number of methoxy groups -OCH3 is 1. The van der Waals surface area contributed by atoms with E-state index in [1.807, 2.05) is 43.5 Å². The number of rotatable bonds is 8. The van der Waals surface area contributed by atoms with Crippen molar-refractivity contribution in [3.63, 3.8) is 0 Å². The van der Waals surface area contributed by atoms with Crippen LogP contribution in [0.5, 0.6) is 0 Å². The number of nitrogens with zero attached hydrogens (tertiary/aromatic N) is 6. The van der Waals surface area contributed by atoms with E-state index in [9.17, 15) is 4.79 Å². The number of ether oxygens (including phenoxy) is 1. The Kier molecular flexibility index (Phi) is 6.77. The van der Waals surface area contributed by atoms with Crippen LogP contribution in [0.2, 0.25) is 0 Å². The second-order valence-corrected chi connectivity index (χ2v) is 8.98. The SMILES string of the molecule is COCc1nc(C(=O)NCc2ccc3c(N)nccc3c2C)nn1Cc1ccc(N2CCCC2)nc1. The van der Waals surface area contributed by atoms with Gasteiger partial charge in [-0.1, -0.05) is 18.2 Å². The molecule has 1 aliphatic heterocycles. The van der Waals surface area contributed by atoms with Gasteiger partial charge in [0.2, 0.25) is 5.82 Å². The molecule has 36 heavy (non-hydrogen) atoms. The minimum absolute atomic E-state index is 0.107. The highest BCUT2D eigenvalue weighted by Gasteiger charge is 2.18. The van der Waals surface area contributed by atoms with Crippen LogP contribution in [0.1, 0.15) is 46.0 Å². The second-order valence-electron chi connectivity index (χ2n) is 8.98. The first-order chi connectivity index (χ1) is 17.5. The maximum atomic E-state index is 12.9.